The van der Waals surface area contributed by atoms with Crippen molar-refractivity contribution in [1.82, 2.24) is 4.72 Å². The molecule has 0 rings (SSSR count). The molecule has 0 aliphatic carbocycles. The Labute approximate surface area is 60.3 Å². The van der Waals surface area contributed by atoms with Crippen molar-refractivity contribution < 1.29 is 13.5 Å². The first-order valence-electron chi connectivity index (χ1n) is 2.74. The summed E-state index contributed by atoms with van der Waals surface area (Å²) < 4.78 is 22.9. The molecule has 0 aliphatic heterocycles. The number of sulfonamides is 1. The molecular weight excluding hydrogens is 156 g/mol. The van der Waals surface area contributed by atoms with Crippen LogP contribution >= 0.6 is 0 Å². The number of aliphatic hydroxyl groups is 1. The number of aliphatic hydroxyl groups excluding tert-OH is 1. The summed E-state index contributed by atoms with van der Waals surface area (Å²) >= 11 is 0. The molecule has 4 N–H and O–H groups in total. The van der Waals surface area contributed by atoms with Gasteiger partial charge in [0.05, 0.1) is 18.5 Å². The van der Waals surface area contributed by atoms with E-state index in [4.69, 9.17) is 10.8 Å². The fourth-order valence-electron chi connectivity index (χ4n) is 0.346. The highest BCUT2D eigenvalue weighted by atomic mass is 32.2. The maximum atomic E-state index is 10.4. The van der Waals surface area contributed by atoms with Crippen LogP contribution in [0.2, 0.25) is 0 Å². The molecule has 0 aromatic rings. The summed E-state index contributed by atoms with van der Waals surface area (Å²) in [6.07, 6.45) is -0.820. The zero-order valence-corrected chi connectivity index (χ0v) is 6.72. The van der Waals surface area contributed by atoms with Gasteiger partial charge in [-0.2, -0.15) is 4.72 Å². The molecule has 5 nitrogen and oxygen atoms in total. The van der Waals surface area contributed by atoms with Gasteiger partial charge in [0.25, 0.3) is 0 Å². The van der Waals surface area contributed by atoms with Crippen LogP contribution in [0.1, 0.15) is 6.92 Å². The summed E-state index contributed by atoms with van der Waals surface area (Å²) in [5.74, 6) is 0. The Balaban J connectivity index is 3.93. The minimum Gasteiger partial charge on any atom is -0.390 e. The van der Waals surface area contributed by atoms with Gasteiger partial charge in [0.2, 0.25) is 10.0 Å². The van der Waals surface area contributed by atoms with E-state index in [1.54, 1.807) is 0 Å². The van der Waals surface area contributed by atoms with Gasteiger partial charge in [0.15, 0.2) is 0 Å². The Kier molecular flexibility index (Phi) is 3.23. The molecule has 62 valence electrons. The maximum Gasteiger partial charge on any atom is 0.210 e. The zero-order chi connectivity index (χ0) is 8.36. The Morgan fingerprint density at radius 2 is 2.00 bits per heavy atom. The predicted octanol–water partition coefficient (Wildman–Crippen LogP) is -1.80. The van der Waals surface area contributed by atoms with Gasteiger partial charge in [0, 0.05) is 0 Å². The summed E-state index contributed by atoms with van der Waals surface area (Å²) in [7, 11) is -3.30. The molecule has 0 aromatic carbocycles. The molecule has 0 aromatic heterocycles. The van der Waals surface area contributed by atoms with Gasteiger partial charge < -0.3 is 10.8 Å². The standard InChI is InChI=1S/C4H12N2O3S/c1-3(7)4(5)6-10(2,8)9/h3-4,6-7H,5H2,1-2H3. The molecule has 0 bridgehead atoms. The van der Waals surface area contributed by atoms with Crippen LogP contribution in [0.3, 0.4) is 0 Å². The fraction of sp³-hybridized carbons (Fsp3) is 1.00. The van der Waals surface area contributed by atoms with Crippen molar-refractivity contribution >= 4 is 10.0 Å². The lowest BCUT2D eigenvalue weighted by Gasteiger charge is -2.14. The van der Waals surface area contributed by atoms with Crippen LogP contribution in [-0.4, -0.2) is 32.0 Å². The average Bonchev–Trinajstić information content (AvgIpc) is 1.60. The van der Waals surface area contributed by atoms with Gasteiger partial charge in [0.1, 0.15) is 0 Å². The number of rotatable bonds is 3. The molecule has 0 saturated carbocycles. The molecular formula is C4H12N2O3S. The number of nitrogens with one attached hydrogen (secondary N) is 1. The highest BCUT2D eigenvalue weighted by Crippen LogP contribution is 1.85. The van der Waals surface area contributed by atoms with Gasteiger partial charge in [-0.3, -0.25) is 0 Å². The molecule has 2 unspecified atom stereocenters. The minimum absolute atomic E-state index is 0.880. The van der Waals surface area contributed by atoms with Gasteiger partial charge >= 0.3 is 0 Å². The van der Waals surface area contributed by atoms with E-state index in [0.29, 0.717) is 0 Å². The van der Waals surface area contributed by atoms with E-state index in [2.05, 4.69) is 0 Å². The van der Waals surface area contributed by atoms with E-state index in [0.717, 1.165) is 6.26 Å². The summed E-state index contributed by atoms with van der Waals surface area (Å²) in [6.45, 7) is 1.41. The Hall–Kier alpha value is -0.170. The van der Waals surface area contributed by atoms with Crippen LogP contribution in [0.4, 0.5) is 0 Å². The van der Waals surface area contributed by atoms with Crippen molar-refractivity contribution in [2.24, 2.45) is 5.73 Å². The van der Waals surface area contributed by atoms with E-state index in [1.165, 1.54) is 6.92 Å². The van der Waals surface area contributed by atoms with Crippen molar-refractivity contribution in [2.75, 3.05) is 6.26 Å². The van der Waals surface area contributed by atoms with Gasteiger partial charge in [-0.15, -0.1) is 0 Å². The van der Waals surface area contributed by atoms with E-state index >= 15 is 0 Å². The third-order valence-corrected chi connectivity index (χ3v) is 1.57. The number of hydrogen-bond acceptors (Lipinski definition) is 4. The van der Waals surface area contributed by atoms with Crippen LogP contribution < -0.4 is 10.5 Å². The molecule has 10 heavy (non-hydrogen) atoms. The Morgan fingerprint density at radius 3 is 2.10 bits per heavy atom. The van der Waals surface area contributed by atoms with Crippen molar-refractivity contribution in [3.05, 3.63) is 0 Å². The van der Waals surface area contributed by atoms with Crippen LogP contribution in [0.15, 0.2) is 0 Å². The molecule has 2 atom stereocenters. The highest BCUT2D eigenvalue weighted by Gasteiger charge is 2.12. The SMILES string of the molecule is CC(O)C(N)NS(C)(=O)=O. The summed E-state index contributed by atoms with van der Waals surface area (Å²) in [4.78, 5) is 0. The Bertz CT molecular complexity index is 187. The number of nitrogens with two attached hydrogens (primary N) is 1. The molecule has 0 amide bonds. The van der Waals surface area contributed by atoms with Gasteiger partial charge in [-0.25, -0.2) is 8.42 Å². The first-order chi connectivity index (χ1) is 4.33. The first kappa shape index (κ1) is 9.83. The van der Waals surface area contributed by atoms with E-state index in [1.807, 2.05) is 4.72 Å². The topological polar surface area (TPSA) is 92.4 Å². The van der Waals surface area contributed by atoms with Crippen molar-refractivity contribution in [2.45, 2.75) is 19.2 Å². The smallest absolute Gasteiger partial charge is 0.210 e. The monoisotopic (exact) mass is 168 g/mol. The van der Waals surface area contributed by atoms with Gasteiger partial charge in [-0.05, 0) is 6.92 Å². The van der Waals surface area contributed by atoms with Crippen LogP contribution in [0.25, 0.3) is 0 Å². The second kappa shape index (κ2) is 3.29. The Morgan fingerprint density at radius 1 is 1.60 bits per heavy atom. The van der Waals surface area contributed by atoms with Crippen LogP contribution in [0, 0.1) is 0 Å². The van der Waals surface area contributed by atoms with Crippen molar-refractivity contribution in [3.8, 4) is 0 Å². The predicted molar refractivity (Wildman–Crippen MR) is 37.6 cm³/mol. The molecule has 0 aliphatic rings. The average molecular weight is 168 g/mol. The summed E-state index contributed by atoms with van der Waals surface area (Å²) in [5, 5.41) is 8.73. The maximum absolute atomic E-state index is 10.4. The molecule has 0 fully saturated rings. The molecule has 0 radical (unpaired) electrons. The third kappa shape index (κ3) is 4.68. The largest absolute Gasteiger partial charge is 0.390 e. The minimum atomic E-state index is -3.30. The third-order valence-electron chi connectivity index (χ3n) is 0.870. The second-order valence-electron chi connectivity index (χ2n) is 2.16. The van der Waals surface area contributed by atoms with Crippen LogP contribution in [-0.2, 0) is 10.0 Å². The molecule has 0 saturated heterocycles. The normalized spacial score (nSPS) is 18.4. The fourth-order valence-corrected chi connectivity index (χ4v) is 1.04. The lowest BCUT2D eigenvalue weighted by molar-refractivity contribution is 0.158. The molecule has 6 heteroatoms. The lowest BCUT2D eigenvalue weighted by atomic mass is 10.3. The van der Waals surface area contributed by atoms with E-state index in [9.17, 15) is 8.42 Å². The summed E-state index contributed by atoms with van der Waals surface area (Å²) in [6, 6.07) is 0. The lowest BCUT2D eigenvalue weighted by Crippen LogP contribution is -2.47. The highest BCUT2D eigenvalue weighted by molar-refractivity contribution is 7.88. The molecule has 0 heterocycles. The first-order valence-corrected chi connectivity index (χ1v) is 4.63. The van der Waals surface area contributed by atoms with Crippen molar-refractivity contribution in [1.29, 1.82) is 0 Å². The van der Waals surface area contributed by atoms with Crippen LogP contribution in [0.5, 0.6) is 0 Å². The van der Waals surface area contributed by atoms with E-state index in [-0.39, 0.29) is 0 Å². The number of hydrogen-bond donors (Lipinski definition) is 3. The molecule has 0 spiro atoms. The van der Waals surface area contributed by atoms with E-state index < -0.39 is 22.3 Å². The quantitative estimate of drug-likeness (QED) is 0.433. The second-order valence-corrected chi connectivity index (χ2v) is 3.94. The van der Waals surface area contributed by atoms with Crippen molar-refractivity contribution in [3.63, 3.8) is 0 Å². The zero-order valence-electron chi connectivity index (χ0n) is 5.90. The van der Waals surface area contributed by atoms with Gasteiger partial charge in [-0.1, -0.05) is 0 Å². The summed E-state index contributed by atoms with van der Waals surface area (Å²) in [5.41, 5.74) is 5.16.